The van der Waals surface area contributed by atoms with Gasteiger partial charge >= 0.3 is 0 Å². The molecule has 6 rings (SSSR count). The molecule has 0 bridgehead atoms. The van der Waals surface area contributed by atoms with Crippen LogP contribution >= 0.6 is 0 Å². The molecule has 2 aromatic heterocycles. The maximum Gasteiger partial charge on any atom is 0.116 e. The van der Waals surface area contributed by atoms with E-state index >= 15 is 0 Å². The fourth-order valence-electron chi connectivity index (χ4n) is 4.16. The molecule has 3 aromatic carbocycles. The number of hydrogen-bond donors (Lipinski definition) is 0. The summed E-state index contributed by atoms with van der Waals surface area (Å²) >= 11 is 0. The van der Waals surface area contributed by atoms with Crippen molar-refractivity contribution >= 4 is 27.8 Å². The van der Waals surface area contributed by atoms with Crippen LogP contribution in [0.5, 0.6) is 0 Å². The van der Waals surface area contributed by atoms with E-state index in [2.05, 4.69) is 80.5 Å². The minimum atomic E-state index is 0.943. The summed E-state index contributed by atoms with van der Waals surface area (Å²) in [6.07, 6.45) is 7.22. The van der Waals surface area contributed by atoms with Crippen LogP contribution in [-0.2, 0) is 0 Å². The van der Waals surface area contributed by atoms with Crippen molar-refractivity contribution in [3.63, 3.8) is 0 Å². The van der Waals surface area contributed by atoms with Crippen molar-refractivity contribution in [3.05, 3.63) is 97.7 Å². The van der Waals surface area contributed by atoms with Crippen molar-refractivity contribution < 1.29 is 0 Å². The summed E-state index contributed by atoms with van der Waals surface area (Å²) in [7, 11) is 0. The van der Waals surface area contributed by atoms with Crippen molar-refractivity contribution in [1.29, 1.82) is 0 Å². The Morgan fingerprint density at radius 1 is 0.690 bits per heavy atom. The average molecular weight is 372 g/mol. The van der Waals surface area contributed by atoms with Gasteiger partial charge in [0.2, 0.25) is 0 Å². The first-order valence-corrected chi connectivity index (χ1v) is 9.53. The smallest absolute Gasteiger partial charge is 0.116 e. The summed E-state index contributed by atoms with van der Waals surface area (Å²) in [6, 6.07) is 25.3. The van der Waals surface area contributed by atoms with E-state index in [-0.39, 0.29) is 0 Å². The van der Waals surface area contributed by atoms with Gasteiger partial charge in [-0.1, -0.05) is 36.4 Å². The quantitative estimate of drug-likeness (QED) is 0.366. The number of fused-ring (bicyclic) bond motifs is 2. The predicted molar refractivity (Wildman–Crippen MR) is 116 cm³/mol. The number of para-hydroxylation sites is 1. The maximum atomic E-state index is 4.69. The van der Waals surface area contributed by atoms with Gasteiger partial charge < -0.3 is 4.90 Å². The maximum absolute atomic E-state index is 4.69. The molecule has 1 aliphatic rings. The molecule has 0 spiro atoms. The summed E-state index contributed by atoms with van der Waals surface area (Å²) in [5.41, 5.74) is 7.52. The molecule has 4 heteroatoms. The summed E-state index contributed by atoms with van der Waals surface area (Å²) < 4.78 is 0. The van der Waals surface area contributed by atoms with Crippen LogP contribution in [-0.4, -0.2) is 15.0 Å². The summed E-state index contributed by atoms with van der Waals surface area (Å²) in [6.45, 7) is 0. The zero-order valence-corrected chi connectivity index (χ0v) is 15.5. The third-order valence-corrected chi connectivity index (χ3v) is 5.39. The Bertz CT molecular complexity index is 1350. The summed E-state index contributed by atoms with van der Waals surface area (Å²) in [5.74, 6) is 0. The molecule has 0 amide bonds. The first-order chi connectivity index (χ1) is 14.4. The van der Waals surface area contributed by atoms with Crippen LogP contribution in [0.1, 0.15) is 0 Å². The molecule has 0 fully saturated rings. The van der Waals surface area contributed by atoms with Gasteiger partial charge in [-0.05, 0) is 47.3 Å². The molecule has 1 aliphatic heterocycles. The molecule has 0 aliphatic carbocycles. The number of rotatable bonds is 2. The lowest BCUT2D eigenvalue weighted by atomic mass is 9.91. The van der Waals surface area contributed by atoms with E-state index in [4.69, 9.17) is 0 Å². The minimum Gasteiger partial charge on any atom is -0.306 e. The first kappa shape index (κ1) is 16.0. The Hall–Kier alpha value is -4.05. The Kier molecular flexibility index (Phi) is 3.43. The molecule has 29 heavy (non-hydrogen) atoms. The average Bonchev–Trinajstić information content (AvgIpc) is 2.80. The number of nitrogens with zero attached hydrogens (tertiary/aromatic N) is 4. The van der Waals surface area contributed by atoms with Crippen molar-refractivity contribution in [2.24, 2.45) is 0 Å². The number of pyridine rings is 1. The topological polar surface area (TPSA) is 41.9 Å². The van der Waals surface area contributed by atoms with E-state index in [1.165, 1.54) is 10.8 Å². The second-order valence-corrected chi connectivity index (χ2v) is 7.07. The van der Waals surface area contributed by atoms with Crippen LogP contribution in [0.2, 0.25) is 0 Å². The molecule has 5 aromatic rings. The number of hydrogen-bond acceptors (Lipinski definition) is 4. The van der Waals surface area contributed by atoms with Crippen molar-refractivity contribution in [1.82, 2.24) is 15.0 Å². The largest absolute Gasteiger partial charge is 0.306 e. The van der Waals surface area contributed by atoms with Crippen molar-refractivity contribution in [2.75, 3.05) is 4.90 Å². The highest BCUT2D eigenvalue weighted by atomic mass is 15.2. The highest BCUT2D eigenvalue weighted by molar-refractivity contribution is 6.14. The van der Waals surface area contributed by atoms with Gasteiger partial charge in [-0.2, -0.15) is 0 Å². The van der Waals surface area contributed by atoms with Gasteiger partial charge in [0.15, 0.2) is 0 Å². The Labute approximate surface area is 168 Å². The third-order valence-electron chi connectivity index (χ3n) is 5.39. The molecule has 0 saturated heterocycles. The predicted octanol–water partition coefficient (Wildman–Crippen LogP) is 6.14. The summed E-state index contributed by atoms with van der Waals surface area (Å²) in [4.78, 5) is 15.5. The zero-order chi connectivity index (χ0) is 19.2. The van der Waals surface area contributed by atoms with Gasteiger partial charge in [0.25, 0.3) is 0 Å². The zero-order valence-electron chi connectivity index (χ0n) is 15.5. The molecule has 136 valence electrons. The van der Waals surface area contributed by atoms with E-state index in [9.17, 15) is 0 Å². The van der Waals surface area contributed by atoms with Crippen molar-refractivity contribution in [2.45, 2.75) is 0 Å². The highest BCUT2D eigenvalue weighted by Crippen LogP contribution is 2.50. The Balaban J connectivity index is 1.71. The van der Waals surface area contributed by atoms with Crippen LogP contribution < -0.4 is 4.90 Å². The van der Waals surface area contributed by atoms with Crippen LogP contribution in [0.25, 0.3) is 33.2 Å². The molecular weight excluding hydrogens is 356 g/mol. The van der Waals surface area contributed by atoms with Crippen molar-refractivity contribution in [3.8, 4) is 22.4 Å². The van der Waals surface area contributed by atoms with Gasteiger partial charge in [-0.25, -0.2) is 9.97 Å². The summed E-state index contributed by atoms with van der Waals surface area (Å²) in [5, 5.41) is 2.39. The molecule has 0 saturated carbocycles. The molecule has 0 radical (unpaired) electrons. The van der Waals surface area contributed by atoms with E-state index in [0.717, 1.165) is 39.4 Å². The van der Waals surface area contributed by atoms with E-state index in [0.29, 0.717) is 0 Å². The van der Waals surface area contributed by atoms with Gasteiger partial charge in [0.05, 0.1) is 23.3 Å². The lowest BCUT2D eigenvalue weighted by Crippen LogP contribution is -2.16. The van der Waals surface area contributed by atoms with Gasteiger partial charge in [0.1, 0.15) is 6.33 Å². The van der Waals surface area contributed by atoms with Gasteiger partial charge in [-0.3, -0.25) is 4.98 Å². The lowest BCUT2D eigenvalue weighted by Gasteiger charge is -2.32. The standard InChI is InChI=1S/C25H16N4/c1-2-8-20(9-3-1)29-22-10-4-6-17-12-19(18-7-5-11-26-14-18)13-21(24(17)22)25-23(29)15-27-16-28-25/h1-16H. The SMILES string of the molecule is c1ccc(N2c3cncnc3-c3cc(-c4cccnc4)cc4cccc2c34)cc1. The third kappa shape index (κ3) is 2.43. The monoisotopic (exact) mass is 372 g/mol. The Morgan fingerprint density at radius 2 is 1.62 bits per heavy atom. The number of benzene rings is 3. The highest BCUT2D eigenvalue weighted by Gasteiger charge is 2.27. The van der Waals surface area contributed by atoms with E-state index < -0.39 is 0 Å². The normalized spacial score (nSPS) is 12.1. The molecule has 4 nitrogen and oxygen atoms in total. The van der Waals surface area contributed by atoms with Gasteiger partial charge in [-0.15, -0.1) is 0 Å². The number of aromatic nitrogens is 3. The fraction of sp³-hybridized carbons (Fsp3) is 0. The lowest BCUT2D eigenvalue weighted by molar-refractivity contribution is 1.13. The van der Waals surface area contributed by atoms with Gasteiger partial charge in [0, 0.05) is 34.6 Å². The van der Waals surface area contributed by atoms with E-state index in [1.807, 2.05) is 24.5 Å². The molecule has 0 atom stereocenters. The van der Waals surface area contributed by atoms with E-state index in [1.54, 1.807) is 12.5 Å². The first-order valence-electron chi connectivity index (χ1n) is 9.53. The second-order valence-electron chi connectivity index (χ2n) is 7.07. The Morgan fingerprint density at radius 3 is 2.48 bits per heavy atom. The van der Waals surface area contributed by atoms with Crippen LogP contribution in [0, 0.1) is 0 Å². The minimum absolute atomic E-state index is 0.943. The van der Waals surface area contributed by atoms with Crippen LogP contribution in [0.4, 0.5) is 17.1 Å². The fourth-order valence-corrected chi connectivity index (χ4v) is 4.16. The molecule has 0 unspecified atom stereocenters. The molecule has 3 heterocycles. The van der Waals surface area contributed by atoms with Crippen LogP contribution in [0.3, 0.4) is 0 Å². The number of anilines is 3. The molecular formula is C25H16N4. The second kappa shape index (κ2) is 6.24. The molecule has 0 N–H and O–H groups in total. The van der Waals surface area contributed by atoms with Crippen LogP contribution in [0.15, 0.2) is 97.7 Å².